The van der Waals surface area contributed by atoms with E-state index in [4.69, 9.17) is 0 Å². The zero-order chi connectivity index (χ0) is 20.6. The maximum Gasteiger partial charge on any atom is 0.251 e. The van der Waals surface area contributed by atoms with Crippen LogP contribution in [0.2, 0.25) is 0 Å². The topological polar surface area (TPSA) is 58.2 Å². The second kappa shape index (κ2) is 11.0. The third kappa shape index (κ3) is 6.46. The van der Waals surface area contributed by atoms with E-state index in [0.717, 1.165) is 28.5 Å². The van der Waals surface area contributed by atoms with Crippen LogP contribution in [0.3, 0.4) is 0 Å². The Balaban J connectivity index is 1.68. The van der Waals surface area contributed by atoms with Crippen molar-refractivity contribution in [3.8, 4) is 0 Å². The Labute approximate surface area is 185 Å². The third-order valence-corrected chi connectivity index (χ3v) is 8.31. The molecule has 2 amide bonds. The van der Waals surface area contributed by atoms with Gasteiger partial charge in [-0.15, -0.1) is 23.5 Å². The average Bonchev–Trinajstić information content (AvgIpc) is 3.26. The van der Waals surface area contributed by atoms with Crippen molar-refractivity contribution in [3.63, 3.8) is 0 Å². The number of nitrogens with one attached hydrogen (secondary N) is 2. The molecule has 0 spiro atoms. The van der Waals surface area contributed by atoms with Crippen LogP contribution in [-0.2, 0) is 4.79 Å². The summed E-state index contributed by atoms with van der Waals surface area (Å²) in [5.74, 6) is 2.72. The van der Waals surface area contributed by atoms with Crippen LogP contribution in [0.5, 0.6) is 0 Å². The van der Waals surface area contributed by atoms with Crippen molar-refractivity contribution in [2.75, 3.05) is 28.8 Å². The molecule has 1 atom stereocenters. The van der Waals surface area contributed by atoms with Crippen molar-refractivity contribution in [2.45, 2.75) is 24.0 Å². The van der Waals surface area contributed by atoms with Gasteiger partial charge in [-0.05, 0) is 55.2 Å². The minimum Gasteiger partial charge on any atom is -0.340 e. The Bertz CT molecular complexity index is 853. The van der Waals surface area contributed by atoms with Crippen LogP contribution < -0.4 is 10.6 Å². The molecular formula is C22H26N2O2S3. The molecule has 7 heteroatoms. The molecule has 29 heavy (non-hydrogen) atoms. The number of carbonyl (C=O) groups is 2. The Morgan fingerprint density at radius 2 is 1.90 bits per heavy atom. The summed E-state index contributed by atoms with van der Waals surface area (Å²) in [7, 11) is 0. The molecule has 4 nitrogen and oxygen atoms in total. The van der Waals surface area contributed by atoms with E-state index in [2.05, 4.69) is 16.7 Å². The molecule has 0 saturated carbocycles. The van der Waals surface area contributed by atoms with Crippen LogP contribution in [0.4, 0.5) is 5.69 Å². The first-order valence-electron chi connectivity index (χ1n) is 9.57. The highest BCUT2D eigenvalue weighted by Gasteiger charge is 2.22. The van der Waals surface area contributed by atoms with E-state index in [1.807, 2.05) is 73.1 Å². The van der Waals surface area contributed by atoms with Crippen LogP contribution in [0, 0.1) is 6.92 Å². The highest BCUT2D eigenvalue weighted by atomic mass is 32.2. The fourth-order valence-electron chi connectivity index (χ4n) is 3.08. The summed E-state index contributed by atoms with van der Waals surface area (Å²) in [6.45, 7) is 1.95. The zero-order valence-electron chi connectivity index (χ0n) is 16.6. The van der Waals surface area contributed by atoms with E-state index in [9.17, 15) is 9.59 Å². The van der Waals surface area contributed by atoms with Crippen LogP contribution >= 0.6 is 35.3 Å². The summed E-state index contributed by atoms with van der Waals surface area (Å²) in [5, 5.41) is 5.91. The highest BCUT2D eigenvalue weighted by molar-refractivity contribution is 8.19. The van der Waals surface area contributed by atoms with Crippen molar-refractivity contribution in [2.24, 2.45) is 0 Å². The first-order chi connectivity index (χ1) is 14.1. The predicted molar refractivity (Wildman–Crippen MR) is 128 cm³/mol. The molecule has 0 aromatic heterocycles. The fourth-order valence-corrected chi connectivity index (χ4v) is 6.39. The van der Waals surface area contributed by atoms with Gasteiger partial charge in [-0.25, -0.2) is 0 Å². The van der Waals surface area contributed by atoms with E-state index in [1.54, 1.807) is 17.8 Å². The monoisotopic (exact) mass is 446 g/mol. The van der Waals surface area contributed by atoms with E-state index in [1.165, 1.54) is 5.56 Å². The van der Waals surface area contributed by atoms with Crippen LogP contribution in [0.15, 0.2) is 48.5 Å². The molecule has 2 aromatic rings. The molecule has 2 N–H and O–H groups in total. The summed E-state index contributed by atoms with van der Waals surface area (Å²) < 4.78 is 0.431. The van der Waals surface area contributed by atoms with Crippen LogP contribution in [0.25, 0.3) is 0 Å². The lowest BCUT2D eigenvalue weighted by Gasteiger charge is -2.19. The molecule has 2 aromatic carbocycles. The smallest absolute Gasteiger partial charge is 0.251 e. The number of aryl methyl sites for hydroxylation is 1. The van der Waals surface area contributed by atoms with Crippen molar-refractivity contribution in [1.82, 2.24) is 5.32 Å². The van der Waals surface area contributed by atoms with Gasteiger partial charge in [0.15, 0.2) is 0 Å². The Kier molecular flexibility index (Phi) is 8.39. The van der Waals surface area contributed by atoms with Crippen LogP contribution in [-0.4, -0.2) is 41.4 Å². The molecule has 154 valence electrons. The third-order valence-electron chi connectivity index (χ3n) is 4.56. The lowest BCUT2D eigenvalue weighted by molar-refractivity contribution is -0.118. The average molecular weight is 447 g/mol. The molecular weight excluding hydrogens is 420 g/mol. The molecule has 3 rings (SSSR count). The van der Waals surface area contributed by atoms with E-state index in [-0.39, 0.29) is 11.8 Å². The lowest BCUT2D eigenvalue weighted by Crippen LogP contribution is -2.44. The van der Waals surface area contributed by atoms with Gasteiger partial charge in [0.05, 0.1) is 4.58 Å². The zero-order valence-corrected chi connectivity index (χ0v) is 19.1. The first kappa shape index (κ1) is 22.1. The molecule has 1 saturated heterocycles. The molecule has 1 unspecified atom stereocenters. The van der Waals surface area contributed by atoms with E-state index < -0.39 is 6.04 Å². The van der Waals surface area contributed by atoms with Gasteiger partial charge >= 0.3 is 0 Å². The lowest BCUT2D eigenvalue weighted by atomic mass is 10.1. The van der Waals surface area contributed by atoms with Gasteiger partial charge in [-0.3, -0.25) is 9.59 Å². The Morgan fingerprint density at radius 3 is 2.62 bits per heavy atom. The Hall–Kier alpha value is -1.57. The number of carbonyl (C=O) groups excluding carboxylic acids is 2. The van der Waals surface area contributed by atoms with Gasteiger partial charge in [0.2, 0.25) is 5.91 Å². The van der Waals surface area contributed by atoms with E-state index >= 15 is 0 Å². The first-order valence-corrected chi connectivity index (χ1v) is 13.1. The largest absolute Gasteiger partial charge is 0.340 e. The highest BCUT2D eigenvalue weighted by Crippen LogP contribution is 2.45. The molecule has 1 fully saturated rings. The second-order valence-electron chi connectivity index (χ2n) is 6.87. The van der Waals surface area contributed by atoms with Gasteiger partial charge in [-0.1, -0.05) is 29.8 Å². The minimum atomic E-state index is -0.575. The predicted octanol–water partition coefficient (Wildman–Crippen LogP) is 4.96. The minimum absolute atomic E-state index is 0.177. The van der Waals surface area contributed by atoms with Crippen molar-refractivity contribution in [1.29, 1.82) is 0 Å². The number of hydrogen-bond acceptors (Lipinski definition) is 5. The van der Waals surface area contributed by atoms with Gasteiger partial charge in [0.1, 0.15) is 6.04 Å². The summed E-state index contributed by atoms with van der Waals surface area (Å²) in [6, 6.07) is 14.9. The summed E-state index contributed by atoms with van der Waals surface area (Å²) in [5.41, 5.74) is 3.59. The molecule has 0 aliphatic carbocycles. The number of thioether (sulfide) groups is 3. The van der Waals surface area contributed by atoms with Gasteiger partial charge in [0, 0.05) is 22.8 Å². The summed E-state index contributed by atoms with van der Waals surface area (Å²) >= 11 is 5.54. The number of rotatable bonds is 8. The number of benzene rings is 2. The quantitative estimate of drug-likeness (QED) is 0.600. The van der Waals surface area contributed by atoms with Crippen molar-refractivity contribution >= 4 is 52.8 Å². The van der Waals surface area contributed by atoms with Gasteiger partial charge in [0.25, 0.3) is 5.91 Å². The van der Waals surface area contributed by atoms with Gasteiger partial charge < -0.3 is 10.6 Å². The molecule has 1 aliphatic heterocycles. The number of amides is 2. The van der Waals surface area contributed by atoms with Crippen molar-refractivity contribution < 1.29 is 9.59 Å². The summed E-state index contributed by atoms with van der Waals surface area (Å²) in [4.78, 5) is 25.6. The SMILES string of the molecule is CSCCC(NC(=O)c1cccc(C)c1)C(=O)Nc1cccc(C2SCCS2)c1. The number of hydrogen-bond donors (Lipinski definition) is 2. The van der Waals surface area contributed by atoms with Crippen molar-refractivity contribution in [3.05, 3.63) is 65.2 Å². The standard InChI is InChI=1S/C22H26N2O2S3/c1-15-5-3-6-16(13-15)20(25)24-19(9-10-27-2)21(26)23-18-8-4-7-17(14-18)22-28-11-12-29-22/h3-8,13-14,19,22H,9-12H2,1-2H3,(H,23,26)(H,24,25). The molecule has 1 aliphatic rings. The van der Waals surface area contributed by atoms with Crippen LogP contribution in [0.1, 0.15) is 32.5 Å². The molecule has 0 radical (unpaired) electrons. The molecule has 1 heterocycles. The summed E-state index contributed by atoms with van der Waals surface area (Å²) in [6.07, 6.45) is 2.58. The Morgan fingerprint density at radius 1 is 1.14 bits per heavy atom. The fraction of sp³-hybridized carbons (Fsp3) is 0.364. The van der Waals surface area contributed by atoms with E-state index in [0.29, 0.717) is 16.6 Å². The van der Waals surface area contributed by atoms with Gasteiger partial charge in [-0.2, -0.15) is 11.8 Å². The number of anilines is 1. The maximum absolute atomic E-state index is 12.9. The second-order valence-corrected chi connectivity index (χ2v) is 10.6. The molecule has 0 bridgehead atoms. The maximum atomic E-state index is 12.9. The normalized spacial score (nSPS) is 15.1.